The van der Waals surface area contributed by atoms with Crippen molar-refractivity contribution in [3.63, 3.8) is 0 Å². The highest BCUT2D eigenvalue weighted by Crippen LogP contribution is 2.40. The van der Waals surface area contributed by atoms with Crippen LogP contribution in [0.3, 0.4) is 0 Å². The van der Waals surface area contributed by atoms with E-state index >= 15 is 38.0 Å². The lowest BCUT2D eigenvalue weighted by molar-refractivity contribution is -0.351. The number of carbonyl (C=O) groups excluding carboxylic acids is 12. The van der Waals surface area contributed by atoms with Crippen molar-refractivity contribution in [1.29, 1.82) is 0 Å². The molecule has 580 valence electrons. The molecule has 0 aromatic rings. The third kappa shape index (κ3) is 19.9. The van der Waals surface area contributed by atoms with Crippen LogP contribution in [0.1, 0.15) is 214 Å². The fourth-order valence-corrected chi connectivity index (χ4v) is 17.5. The van der Waals surface area contributed by atoms with E-state index in [9.17, 15) is 37.1 Å². The highest BCUT2D eigenvalue weighted by atomic mass is 19.4. The molecule has 8 aliphatic rings. The van der Waals surface area contributed by atoms with Gasteiger partial charge in [-0.1, -0.05) is 91.9 Å². The number of likely N-dealkylation sites (N-methyl/N-ethyl adjacent to an activating group) is 6. The first-order valence-corrected chi connectivity index (χ1v) is 38.5. The number of piperidine rings is 1. The minimum absolute atomic E-state index is 0.0203. The number of likely N-dealkylation sites (tertiary alicyclic amines) is 1. The summed E-state index contributed by atoms with van der Waals surface area (Å²) in [5, 5.41) is 8.84. The second-order valence-electron chi connectivity index (χ2n) is 31.8. The van der Waals surface area contributed by atoms with E-state index in [2.05, 4.69) is 20.7 Å². The maximum absolute atomic E-state index is 15.8. The summed E-state index contributed by atoms with van der Waals surface area (Å²) in [6.07, 6.45) is 2.18. The van der Waals surface area contributed by atoms with E-state index in [1.807, 2.05) is 20.8 Å². The van der Waals surface area contributed by atoms with Crippen molar-refractivity contribution in [2.24, 2.45) is 29.6 Å². The van der Waals surface area contributed by atoms with Gasteiger partial charge in [-0.25, -0.2) is 4.39 Å². The summed E-state index contributed by atoms with van der Waals surface area (Å²) in [6.45, 7) is 9.23. The predicted octanol–water partition coefficient (Wildman–Crippen LogP) is 6.08. The number of hydrogen-bond donors (Lipinski definition) is 3. The third-order valence-corrected chi connectivity index (χ3v) is 24.3. The molecule has 4 saturated heterocycles. The van der Waals surface area contributed by atoms with E-state index in [1.54, 1.807) is 11.8 Å². The molecule has 29 heteroatoms. The Kier molecular flexibility index (Phi) is 28.7. The van der Waals surface area contributed by atoms with Crippen LogP contribution in [0.2, 0.25) is 0 Å². The Morgan fingerprint density at radius 1 is 0.592 bits per heavy atom. The fourth-order valence-electron chi connectivity index (χ4n) is 17.5. The van der Waals surface area contributed by atoms with E-state index in [-0.39, 0.29) is 95.6 Å². The molecule has 3 N–H and O–H groups in total. The quantitative estimate of drug-likeness (QED) is 0.187. The van der Waals surface area contributed by atoms with E-state index in [0.29, 0.717) is 64.5 Å². The topological polar surface area (TPSA) is 279 Å². The highest BCUT2D eigenvalue weighted by Gasteiger charge is 2.53. The molecule has 4 heterocycles. The van der Waals surface area contributed by atoms with Gasteiger partial charge in [0, 0.05) is 68.5 Å². The Hall–Kier alpha value is -6.68. The molecule has 8 fully saturated rings. The van der Waals surface area contributed by atoms with Crippen LogP contribution in [0, 0.1) is 29.6 Å². The minimum Gasteiger partial charge on any atom is -0.343 e. The maximum Gasteiger partial charge on any atom is 0.522 e. The zero-order valence-electron chi connectivity index (χ0n) is 62.9. The van der Waals surface area contributed by atoms with Crippen molar-refractivity contribution < 1.29 is 79.8 Å². The van der Waals surface area contributed by atoms with Gasteiger partial charge >= 0.3 is 6.36 Å². The summed E-state index contributed by atoms with van der Waals surface area (Å²) >= 11 is 0. The number of fused-ring (bicyclic) bond motifs is 2. The predicted molar refractivity (Wildman–Crippen MR) is 374 cm³/mol. The van der Waals surface area contributed by atoms with Crippen molar-refractivity contribution >= 4 is 70.9 Å². The van der Waals surface area contributed by atoms with Crippen molar-refractivity contribution in [3.05, 3.63) is 0 Å². The Bertz CT molecular complexity index is 3030. The molecule has 0 aromatic heterocycles. The fraction of sp³-hybridized carbons (Fsp3) is 0.838. The molecular formula is C74H118F4N12O13. The van der Waals surface area contributed by atoms with Crippen LogP contribution in [-0.2, 0) is 62.3 Å². The lowest BCUT2D eigenvalue weighted by Crippen LogP contribution is -2.65. The minimum atomic E-state index is -5.06. The Balaban J connectivity index is 1.16. The molecule has 12 amide bonds. The molecule has 0 radical (unpaired) electrons. The van der Waals surface area contributed by atoms with Gasteiger partial charge in [-0.15, -0.1) is 13.2 Å². The van der Waals surface area contributed by atoms with Crippen LogP contribution < -0.4 is 16.0 Å². The average Bonchev–Trinajstić information content (AvgIpc) is 1.73. The molecule has 4 aliphatic carbocycles. The number of alkyl halides is 4. The van der Waals surface area contributed by atoms with Crippen LogP contribution in [-0.4, -0.2) is 269 Å². The van der Waals surface area contributed by atoms with E-state index in [4.69, 9.17) is 0 Å². The summed E-state index contributed by atoms with van der Waals surface area (Å²) < 4.78 is 59.5. The normalized spacial score (nSPS) is 31.3. The molecule has 4 aliphatic heterocycles. The van der Waals surface area contributed by atoms with Crippen LogP contribution in [0.5, 0.6) is 0 Å². The first kappa shape index (κ1) is 82.0. The van der Waals surface area contributed by atoms with Crippen molar-refractivity contribution in [1.82, 2.24) is 60.0 Å². The number of amides is 12. The lowest BCUT2D eigenvalue weighted by atomic mass is 9.82. The molecule has 25 nitrogen and oxygen atoms in total. The summed E-state index contributed by atoms with van der Waals surface area (Å²) in [6, 6.07) is -10.9. The number of rotatable bonds is 12. The second kappa shape index (κ2) is 36.1. The summed E-state index contributed by atoms with van der Waals surface area (Å²) in [4.78, 5) is 193. The van der Waals surface area contributed by atoms with E-state index < -0.39 is 180 Å². The number of ether oxygens (including phenoxy) is 1. The first-order chi connectivity index (χ1) is 48.7. The number of nitrogens with one attached hydrogen (secondary N) is 3. The standard InChI is InChI=1S/C74H118F4N12O13/c1-12-46(4)61-70(100)83(7)47(5)65(95)90-39-33-54(90)68(98)85(9)56(42-48-24-15-13-16-25-48)67(97)82(6)44-59(91)79-52(31-29-49-30-32-58(51(75)41-49)103-74(76,77)78)66(96)89-38-23-28-53(89)64(94)81-73(34-19-20-35-73)72(102)87(11)62(50-26-17-18-27-50)71(101)86(10)57(69(99)88-36-21-14-22-37-88)43-60(92)84(8)55(40-45(2)3)63(93)80-61/h45-58,61-62H,12-44H2,1-11H3,(H,79,91)(H,80,93)(H,81,94)/t46-,47-,49?,51?,52-,53-,54-,55-,56-,57-,58?,61-,62-/m0/s1. The van der Waals surface area contributed by atoms with E-state index in [1.165, 1.54) is 83.5 Å². The number of nitrogens with zero attached hydrogens (tertiary/aromatic N) is 9. The first-order valence-electron chi connectivity index (χ1n) is 38.5. The zero-order chi connectivity index (χ0) is 75.5. The Morgan fingerprint density at radius 2 is 1.22 bits per heavy atom. The van der Waals surface area contributed by atoms with Crippen molar-refractivity contribution in [3.8, 4) is 0 Å². The molecular weight excluding hydrogens is 1340 g/mol. The smallest absolute Gasteiger partial charge is 0.343 e. The summed E-state index contributed by atoms with van der Waals surface area (Å²) in [5.41, 5.74) is -1.57. The van der Waals surface area contributed by atoms with Gasteiger partial charge in [0.1, 0.15) is 66.1 Å². The van der Waals surface area contributed by atoms with Crippen LogP contribution >= 0.6 is 0 Å². The van der Waals surface area contributed by atoms with Gasteiger partial charge < -0.3 is 60.0 Å². The zero-order valence-corrected chi connectivity index (χ0v) is 62.9. The number of hydrogen-bond acceptors (Lipinski definition) is 13. The van der Waals surface area contributed by atoms with E-state index in [0.717, 1.165) is 56.3 Å². The molecule has 4 saturated carbocycles. The Labute approximate surface area is 606 Å². The SMILES string of the molecule is CC[C@H](C)[C@@H]1NC(=O)[C@H](CC(C)C)N(C)C(=O)C[C@@H](C(=O)N2CCCCC2)N(C)C(=O)[C@H](C2CCCC2)N(C)C(=O)C2(CCCC2)NC(=O)[C@@H]2CCCN2C(=O)[C@H](CCC2CCC(OC(F)(F)F)C(F)C2)NC(=O)CN(C)C(=O)[C@H](CC2CCCCC2)N(C)C(=O)[C@@H]2CCN2C(=O)[C@H](C)N(C)C1=O. The maximum atomic E-state index is 15.8. The van der Waals surface area contributed by atoms with Gasteiger partial charge in [-0.3, -0.25) is 62.3 Å². The molecule has 8 rings (SSSR count). The monoisotopic (exact) mass is 1460 g/mol. The second-order valence-corrected chi connectivity index (χ2v) is 31.8. The molecule has 0 bridgehead atoms. The van der Waals surface area contributed by atoms with Gasteiger partial charge in [-0.05, 0) is 146 Å². The van der Waals surface area contributed by atoms with Crippen molar-refractivity contribution in [2.75, 3.05) is 75.0 Å². The van der Waals surface area contributed by atoms with Crippen molar-refractivity contribution in [2.45, 2.75) is 293 Å². The summed E-state index contributed by atoms with van der Waals surface area (Å²) in [7, 11) is 8.74. The molecule has 0 aromatic carbocycles. The Morgan fingerprint density at radius 3 is 1.83 bits per heavy atom. The van der Waals surface area contributed by atoms with Gasteiger partial charge in [-0.2, -0.15) is 0 Å². The van der Waals surface area contributed by atoms with Gasteiger partial charge in [0.15, 0.2) is 0 Å². The van der Waals surface area contributed by atoms with Crippen LogP contribution in [0.25, 0.3) is 0 Å². The molecule has 13 atom stereocenters. The number of halogens is 4. The van der Waals surface area contributed by atoms with Crippen LogP contribution in [0.4, 0.5) is 17.6 Å². The highest BCUT2D eigenvalue weighted by molar-refractivity contribution is 6.01. The molecule has 1 spiro atoms. The third-order valence-electron chi connectivity index (χ3n) is 24.3. The molecule has 103 heavy (non-hydrogen) atoms. The van der Waals surface area contributed by atoms with Gasteiger partial charge in [0.25, 0.3) is 0 Å². The lowest BCUT2D eigenvalue weighted by Gasteiger charge is -2.45. The number of carbonyl (C=O) groups is 12. The van der Waals surface area contributed by atoms with Crippen LogP contribution in [0.15, 0.2) is 0 Å². The van der Waals surface area contributed by atoms with Gasteiger partial charge in [0.2, 0.25) is 70.9 Å². The largest absolute Gasteiger partial charge is 0.522 e. The molecule has 3 unspecified atom stereocenters. The van der Waals surface area contributed by atoms with Gasteiger partial charge in [0.05, 0.1) is 19.1 Å². The summed E-state index contributed by atoms with van der Waals surface area (Å²) in [5.74, 6) is -8.99. The average molecular weight is 1460 g/mol.